The van der Waals surface area contributed by atoms with E-state index in [1.54, 1.807) is 12.1 Å². The first-order valence-corrected chi connectivity index (χ1v) is 7.71. The van der Waals surface area contributed by atoms with Gasteiger partial charge in [-0.3, -0.25) is 0 Å². The molecule has 0 aliphatic rings. The Hall–Kier alpha value is -1.71. The van der Waals surface area contributed by atoms with Gasteiger partial charge in [0.2, 0.25) is 0 Å². The Kier molecular flexibility index (Phi) is 5.33. The minimum atomic E-state index is -0.858. The molecule has 2 aromatic carbocycles. The number of nitrogens with one attached hydrogen (secondary N) is 1. The Balaban J connectivity index is 2.08. The largest absolute Gasteiger partial charge is 0.385 e. The molecule has 2 N–H and O–H groups in total. The highest BCUT2D eigenvalue weighted by Gasteiger charge is 2.22. The van der Waals surface area contributed by atoms with Gasteiger partial charge in [-0.15, -0.1) is 0 Å². The van der Waals surface area contributed by atoms with E-state index in [2.05, 4.69) is 19.2 Å². The summed E-state index contributed by atoms with van der Waals surface area (Å²) in [5.74, 6) is -0.235. The van der Waals surface area contributed by atoms with Crippen LogP contribution in [-0.4, -0.2) is 17.7 Å². The molecule has 118 valence electrons. The van der Waals surface area contributed by atoms with E-state index < -0.39 is 5.60 Å². The minimum Gasteiger partial charge on any atom is -0.385 e. The Labute approximate surface area is 132 Å². The Morgan fingerprint density at radius 3 is 2.00 bits per heavy atom. The van der Waals surface area contributed by atoms with Crippen molar-refractivity contribution in [3.8, 4) is 11.1 Å². The van der Waals surface area contributed by atoms with Gasteiger partial charge < -0.3 is 10.4 Å². The minimum absolute atomic E-state index is 0.235. The molecule has 0 aliphatic heterocycles. The maximum atomic E-state index is 13.0. The molecule has 1 atom stereocenters. The summed E-state index contributed by atoms with van der Waals surface area (Å²) in [4.78, 5) is 0. The smallest absolute Gasteiger partial charge is 0.123 e. The number of hydrogen-bond acceptors (Lipinski definition) is 2. The molecule has 2 aromatic rings. The van der Waals surface area contributed by atoms with Gasteiger partial charge in [0.05, 0.1) is 5.60 Å². The van der Waals surface area contributed by atoms with Gasteiger partial charge in [-0.05, 0) is 48.7 Å². The van der Waals surface area contributed by atoms with Crippen molar-refractivity contribution in [2.75, 3.05) is 6.54 Å². The van der Waals surface area contributed by atoms with Crippen LogP contribution in [0.15, 0.2) is 48.5 Å². The zero-order valence-electron chi connectivity index (χ0n) is 13.4. The molecule has 0 heterocycles. The van der Waals surface area contributed by atoms with Crippen molar-refractivity contribution in [2.45, 2.75) is 38.8 Å². The van der Waals surface area contributed by atoms with Crippen LogP contribution < -0.4 is 5.32 Å². The maximum Gasteiger partial charge on any atom is 0.123 e. The number of halogens is 1. The van der Waals surface area contributed by atoms with Crippen LogP contribution in [0.2, 0.25) is 0 Å². The molecule has 1 unspecified atom stereocenters. The molecule has 2 nitrogen and oxygen atoms in total. The lowest BCUT2D eigenvalue weighted by atomic mass is 9.91. The summed E-state index contributed by atoms with van der Waals surface area (Å²) < 4.78 is 13.0. The van der Waals surface area contributed by atoms with E-state index in [1.807, 2.05) is 31.2 Å². The summed E-state index contributed by atoms with van der Waals surface area (Å²) in [5, 5.41) is 13.9. The molecular formula is C19H24FNO. The molecule has 0 bridgehead atoms. The molecule has 0 saturated heterocycles. The lowest BCUT2D eigenvalue weighted by molar-refractivity contribution is 0.0475. The summed E-state index contributed by atoms with van der Waals surface area (Å²) in [6.07, 6.45) is 0.654. The topological polar surface area (TPSA) is 32.3 Å². The van der Waals surface area contributed by atoms with Crippen LogP contribution in [0.1, 0.15) is 32.8 Å². The van der Waals surface area contributed by atoms with Crippen LogP contribution in [0.3, 0.4) is 0 Å². The van der Waals surface area contributed by atoms with Crippen molar-refractivity contribution in [3.63, 3.8) is 0 Å². The fraction of sp³-hybridized carbons (Fsp3) is 0.368. The second kappa shape index (κ2) is 7.03. The molecular weight excluding hydrogens is 277 g/mol. The summed E-state index contributed by atoms with van der Waals surface area (Å²) in [7, 11) is 0. The van der Waals surface area contributed by atoms with Crippen LogP contribution in [-0.2, 0) is 5.60 Å². The van der Waals surface area contributed by atoms with Crippen molar-refractivity contribution >= 4 is 0 Å². The molecule has 3 heteroatoms. The Morgan fingerprint density at radius 2 is 1.50 bits per heavy atom. The predicted octanol–water partition coefficient (Wildman–Crippen LogP) is 4.09. The zero-order chi connectivity index (χ0) is 16.2. The van der Waals surface area contributed by atoms with E-state index in [4.69, 9.17) is 0 Å². The van der Waals surface area contributed by atoms with Gasteiger partial charge in [-0.25, -0.2) is 4.39 Å². The van der Waals surface area contributed by atoms with Crippen molar-refractivity contribution in [1.82, 2.24) is 5.32 Å². The van der Waals surface area contributed by atoms with E-state index in [-0.39, 0.29) is 5.82 Å². The average molecular weight is 301 g/mol. The molecule has 0 saturated carbocycles. The zero-order valence-corrected chi connectivity index (χ0v) is 13.4. The molecule has 0 fully saturated rings. The van der Waals surface area contributed by atoms with Gasteiger partial charge in [0.15, 0.2) is 0 Å². The maximum absolute atomic E-state index is 13.0. The standard InChI is InChI=1S/C19H24FNO/c1-14(2)21-13-12-19(3,22)17-8-4-15(5-9-17)16-6-10-18(20)11-7-16/h4-11,14,21-22H,12-13H2,1-3H3. The number of hydrogen-bond donors (Lipinski definition) is 2. The SMILES string of the molecule is CC(C)NCCC(C)(O)c1ccc(-c2ccc(F)cc2)cc1. The lowest BCUT2D eigenvalue weighted by Crippen LogP contribution is -2.31. The van der Waals surface area contributed by atoms with Gasteiger partial charge in [0.25, 0.3) is 0 Å². The van der Waals surface area contributed by atoms with E-state index in [0.717, 1.165) is 23.2 Å². The fourth-order valence-electron chi connectivity index (χ4n) is 2.41. The number of benzene rings is 2. The monoisotopic (exact) mass is 301 g/mol. The van der Waals surface area contributed by atoms with E-state index in [9.17, 15) is 9.50 Å². The third-order valence-electron chi connectivity index (χ3n) is 3.85. The molecule has 0 amide bonds. The molecule has 0 radical (unpaired) electrons. The van der Waals surface area contributed by atoms with Crippen LogP contribution >= 0.6 is 0 Å². The second-order valence-corrected chi connectivity index (χ2v) is 6.22. The number of rotatable bonds is 6. The quantitative estimate of drug-likeness (QED) is 0.842. The highest BCUT2D eigenvalue weighted by Crippen LogP contribution is 2.27. The van der Waals surface area contributed by atoms with Crippen LogP contribution in [0.4, 0.5) is 4.39 Å². The van der Waals surface area contributed by atoms with Crippen molar-refractivity contribution < 1.29 is 9.50 Å². The summed E-state index contributed by atoms with van der Waals surface area (Å²) in [6.45, 7) is 6.78. The van der Waals surface area contributed by atoms with Crippen molar-refractivity contribution in [2.24, 2.45) is 0 Å². The van der Waals surface area contributed by atoms with Gasteiger partial charge in [-0.1, -0.05) is 50.2 Å². The first kappa shape index (κ1) is 16.7. The third-order valence-corrected chi connectivity index (χ3v) is 3.85. The Morgan fingerprint density at radius 1 is 1.00 bits per heavy atom. The Bertz CT molecular complexity index is 588. The molecule has 22 heavy (non-hydrogen) atoms. The first-order valence-electron chi connectivity index (χ1n) is 7.71. The fourth-order valence-corrected chi connectivity index (χ4v) is 2.41. The lowest BCUT2D eigenvalue weighted by Gasteiger charge is -2.25. The van der Waals surface area contributed by atoms with Gasteiger partial charge >= 0.3 is 0 Å². The van der Waals surface area contributed by atoms with Gasteiger partial charge in [0.1, 0.15) is 5.82 Å². The van der Waals surface area contributed by atoms with E-state index in [0.29, 0.717) is 12.5 Å². The highest BCUT2D eigenvalue weighted by atomic mass is 19.1. The number of aliphatic hydroxyl groups is 1. The third kappa shape index (κ3) is 4.39. The summed E-state index contributed by atoms with van der Waals surface area (Å²) >= 11 is 0. The van der Waals surface area contributed by atoms with E-state index >= 15 is 0 Å². The average Bonchev–Trinajstić information content (AvgIpc) is 2.47. The normalized spacial score (nSPS) is 14.1. The van der Waals surface area contributed by atoms with Gasteiger partial charge in [-0.2, -0.15) is 0 Å². The van der Waals surface area contributed by atoms with Crippen LogP contribution in [0.25, 0.3) is 11.1 Å². The van der Waals surface area contributed by atoms with E-state index in [1.165, 1.54) is 12.1 Å². The molecule has 2 rings (SSSR count). The van der Waals surface area contributed by atoms with Gasteiger partial charge in [0, 0.05) is 6.04 Å². The predicted molar refractivity (Wildman–Crippen MR) is 89.2 cm³/mol. The summed E-state index contributed by atoms with van der Waals surface area (Å²) in [6, 6.07) is 14.6. The van der Waals surface area contributed by atoms with Crippen molar-refractivity contribution in [3.05, 3.63) is 59.9 Å². The summed E-state index contributed by atoms with van der Waals surface area (Å²) in [5.41, 5.74) is 2.02. The molecule has 0 aliphatic carbocycles. The first-order chi connectivity index (χ1) is 10.4. The molecule has 0 aromatic heterocycles. The van der Waals surface area contributed by atoms with Crippen LogP contribution in [0, 0.1) is 5.82 Å². The highest BCUT2D eigenvalue weighted by molar-refractivity contribution is 5.63. The molecule has 0 spiro atoms. The second-order valence-electron chi connectivity index (χ2n) is 6.22. The van der Waals surface area contributed by atoms with Crippen molar-refractivity contribution in [1.29, 1.82) is 0 Å². The van der Waals surface area contributed by atoms with Crippen LogP contribution in [0.5, 0.6) is 0 Å².